The topological polar surface area (TPSA) is 78.4 Å². The Labute approximate surface area is 135 Å². The van der Waals surface area contributed by atoms with Crippen molar-refractivity contribution in [1.82, 2.24) is 5.32 Å². The van der Waals surface area contributed by atoms with Gasteiger partial charge in [-0.2, -0.15) is 0 Å². The zero-order valence-corrected chi connectivity index (χ0v) is 13.3. The average Bonchev–Trinajstić information content (AvgIpc) is 2.50. The van der Waals surface area contributed by atoms with Crippen LogP contribution in [0.25, 0.3) is 0 Å². The van der Waals surface area contributed by atoms with Crippen LogP contribution in [-0.4, -0.2) is 29.6 Å². The van der Waals surface area contributed by atoms with Crippen LogP contribution in [0, 0.1) is 12.8 Å². The fourth-order valence-electron chi connectivity index (χ4n) is 2.59. The van der Waals surface area contributed by atoms with Crippen LogP contribution in [-0.2, 0) is 9.59 Å². The second-order valence-corrected chi connectivity index (χ2v) is 6.15. The Balaban J connectivity index is 1.84. The molecule has 1 saturated carbocycles. The van der Waals surface area contributed by atoms with E-state index in [1.807, 2.05) is 6.92 Å². The number of rotatable bonds is 3. The molecule has 22 heavy (non-hydrogen) atoms. The summed E-state index contributed by atoms with van der Waals surface area (Å²) in [7, 11) is 0. The van der Waals surface area contributed by atoms with Crippen molar-refractivity contribution < 1.29 is 14.7 Å². The number of halogens is 1. The number of carbonyl (C=O) groups excluding carboxylic acids is 2. The van der Waals surface area contributed by atoms with Crippen LogP contribution >= 0.6 is 11.6 Å². The van der Waals surface area contributed by atoms with Gasteiger partial charge in [-0.15, -0.1) is 0 Å². The second-order valence-electron chi connectivity index (χ2n) is 5.74. The van der Waals surface area contributed by atoms with Crippen molar-refractivity contribution >= 4 is 29.1 Å². The summed E-state index contributed by atoms with van der Waals surface area (Å²) < 4.78 is 0. The lowest BCUT2D eigenvalue weighted by molar-refractivity contribution is -0.136. The molecule has 0 spiro atoms. The van der Waals surface area contributed by atoms with Crippen LogP contribution in [0.15, 0.2) is 18.2 Å². The normalized spacial score (nSPS) is 21.2. The van der Waals surface area contributed by atoms with E-state index < -0.39 is 17.9 Å². The summed E-state index contributed by atoms with van der Waals surface area (Å²) in [6.07, 6.45) is 3.30. The first-order valence-electron chi connectivity index (χ1n) is 7.51. The van der Waals surface area contributed by atoms with Gasteiger partial charge in [0, 0.05) is 23.2 Å². The third kappa shape index (κ3) is 4.45. The number of aliphatic hydroxyl groups is 1. The quantitative estimate of drug-likeness (QED) is 0.746. The van der Waals surface area contributed by atoms with Crippen LogP contribution < -0.4 is 10.6 Å². The molecule has 2 amide bonds. The molecule has 1 fully saturated rings. The summed E-state index contributed by atoms with van der Waals surface area (Å²) in [6.45, 7) is 2.18. The Hall–Kier alpha value is -1.59. The van der Waals surface area contributed by atoms with E-state index >= 15 is 0 Å². The van der Waals surface area contributed by atoms with Gasteiger partial charge in [0.05, 0.1) is 6.10 Å². The number of carbonyl (C=O) groups is 2. The Morgan fingerprint density at radius 2 is 2.00 bits per heavy atom. The molecule has 120 valence electrons. The number of benzene rings is 1. The first-order valence-corrected chi connectivity index (χ1v) is 7.88. The largest absolute Gasteiger partial charge is 0.393 e. The Kier molecular flexibility index (Phi) is 5.80. The Morgan fingerprint density at radius 3 is 2.68 bits per heavy atom. The zero-order chi connectivity index (χ0) is 16.1. The lowest BCUT2D eigenvalue weighted by Gasteiger charge is -2.27. The van der Waals surface area contributed by atoms with Crippen LogP contribution in [0.3, 0.4) is 0 Å². The van der Waals surface area contributed by atoms with Crippen LogP contribution in [0.1, 0.15) is 31.2 Å². The molecule has 0 aromatic heterocycles. The highest BCUT2D eigenvalue weighted by Crippen LogP contribution is 2.23. The van der Waals surface area contributed by atoms with Gasteiger partial charge in [-0.05, 0) is 37.5 Å². The highest BCUT2D eigenvalue weighted by molar-refractivity contribution is 6.39. The molecule has 0 bridgehead atoms. The van der Waals surface area contributed by atoms with E-state index in [4.69, 9.17) is 11.6 Å². The minimum Gasteiger partial charge on any atom is -0.393 e. The van der Waals surface area contributed by atoms with E-state index in [-0.39, 0.29) is 5.92 Å². The monoisotopic (exact) mass is 324 g/mol. The third-order valence-electron chi connectivity index (χ3n) is 4.03. The number of aliphatic hydroxyl groups excluding tert-OH is 1. The van der Waals surface area contributed by atoms with Crippen molar-refractivity contribution in [1.29, 1.82) is 0 Å². The molecule has 5 nitrogen and oxygen atoms in total. The van der Waals surface area contributed by atoms with Crippen molar-refractivity contribution in [3.8, 4) is 0 Å². The van der Waals surface area contributed by atoms with E-state index in [9.17, 15) is 14.7 Å². The van der Waals surface area contributed by atoms with Crippen LogP contribution in [0.5, 0.6) is 0 Å². The second kappa shape index (κ2) is 7.61. The molecular weight excluding hydrogens is 304 g/mol. The maximum absolute atomic E-state index is 11.8. The molecule has 6 heteroatoms. The molecule has 0 radical (unpaired) electrons. The number of aryl methyl sites for hydroxylation is 1. The lowest BCUT2D eigenvalue weighted by Crippen LogP contribution is -2.41. The molecule has 1 aromatic rings. The number of amides is 2. The highest BCUT2D eigenvalue weighted by atomic mass is 35.5. The summed E-state index contributed by atoms with van der Waals surface area (Å²) in [5, 5.41) is 15.5. The van der Waals surface area contributed by atoms with Crippen molar-refractivity contribution in [3.63, 3.8) is 0 Å². The highest BCUT2D eigenvalue weighted by Gasteiger charge is 2.24. The van der Waals surface area contributed by atoms with Crippen LogP contribution in [0.2, 0.25) is 5.02 Å². The summed E-state index contributed by atoms with van der Waals surface area (Å²) >= 11 is 5.98. The fourth-order valence-corrected chi connectivity index (χ4v) is 2.77. The summed E-state index contributed by atoms with van der Waals surface area (Å²) in [5.74, 6) is -1.40. The summed E-state index contributed by atoms with van der Waals surface area (Å²) in [5.41, 5.74) is 1.38. The van der Waals surface area contributed by atoms with Gasteiger partial charge in [0.15, 0.2) is 0 Å². The smallest absolute Gasteiger partial charge is 0.313 e. The molecule has 0 saturated heterocycles. The van der Waals surface area contributed by atoms with Gasteiger partial charge in [-0.25, -0.2) is 0 Å². The van der Waals surface area contributed by atoms with Gasteiger partial charge in [-0.3, -0.25) is 9.59 Å². The molecule has 3 N–H and O–H groups in total. The third-order valence-corrected chi connectivity index (χ3v) is 4.44. The predicted molar refractivity (Wildman–Crippen MR) is 85.8 cm³/mol. The molecule has 0 aliphatic heterocycles. The van der Waals surface area contributed by atoms with Crippen molar-refractivity contribution in [2.75, 3.05) is 11.9 Å². The fraction of sp³-hybridized carbons (Fsp3) is 0.500. The minimum absolute atomic E-state index is 0.0271. The number of hydrogen-bond acceptors (Lipinski definition) is 3. The minimum atomic E-state index is -0.731. The maximum atomic E-state index is 11.8. The standard InChI is InChI=1S/C16H21ClN2O3/c1-10-6-7-12(8-13(10)17)19-16(22)15(21)18-9-11-4-2-3-5-14(11)20/h6-8,11,14,20H,2-5,9H2,1H3,(H,18,21)(H,19,22). The lowest BCUT2D eigenvalue weighted by atomic mass is 9.86. The van der Waals surface area contributed by atoms with Gasteiger partial charge < -0.3 is 15.7 Å². The van der Waals surface area contributed by atoms with Gasteiger partial charge in [0.25, 0.3) is 0 Å². The number of hydrogen-bond donors (Lipinski definition) is 3. The van der Waals surface area contributed by atoms with Crippen molar-refractivity contribution in [2.45, 2.75) is 38.7 Å². The van der Waals surface area contributed by atoms with Crippen molar-refractivity contribution in [3.05, 3.63) is 28.8 Å². The molecule has 1 aliphatic carbocycles. The van der Waals surface area contributed by atoms with Gasteiger partial charge in [0.2, 0.25) is 0 Å². The predicted octanol–water partition coefficient (Wildman–Crippen LogP) is 2.25. The van der Waals surface area contributed by atoms with E-state index in [0.717, 1.165) is 31.2 Å². The molecular formula is C16H21ClN2O3. The van der Waals surface area contributed by atoms with Gasteiger partial charge >= 0.3 is 11.8 Å². The van der Waals surface area contributed by atoms with Crippen molar-refractivity contribution in [2.24, 2.45) is 5.92 Å². The molecule has 2 rings (SSSR count). The maximum Gasteiger partial charge on any atom is 0.313 e. The SMILES string of the molecule is Cc1ccc(NC(=O)C(=O)NCC2CCCCC2O)cc1Cl. The Bertz CT molecular complexity index is 562. The number of anilines is 1. The number of nitrogens with one attached hydrogen (secondary N) is 2. The molecule has 0 heterocycles. The van der Waals surface area contributed by atoms with Gasteiger partial charge in [-0.1, -0.05) is 30.5 Å². The molecule has 2 unspecified atom stereocenters. The van der Waals surface area contributed by atoms with E-state index in [1.165, 1.54) is 0 Å². The van der Waals surface area contributed by atoms with Crippen LogP contribution in [0.4, 0.5) is 5.69 Å². The molecule has 1 aromatic carbocycles. The van der Waals surface area contributed by atoms with E-state index in [0.29, 0.717) is 17.3 Å². The Morgan fingerprint density at radius 1 is 1.27 bits per heavy atom. The molecule has 1 aliphatic rings. The zero-order valence-electron chi connectivity index (χ0n) is 12.6. The van der Waals surface area contributed by atoms with E-state index in [1.54, 1.807) is 18.2 Å². The van der Waals surface area contributed by atoms with E-state index in [2.05, 4.69) is 10.6 Å². The van der Waals surface area contributed by atoms with Gasteiger partial charge in [0.1, 0.15) is 0 Å². The molecule has 2 atom stereocenters. The average molecular weight is 325 g/mol. The summed E-state index contributed by atoms with van der Waals surface area (Å²) in [6, 6.07) is 5.07. The summed E-state index contributed by atoms with van der Waals surface area (Å²) in [4.78, 5) is 23.6. The first-order chi connectivity index (χ1) is 10.5. The first kappa shape index (κ1) is 16.8.